The van der Waals surface area contributed by atoms with Gasteiger partial charge in [-0.2, -0.15) is 0 Å². The van der Waals surface area contributed by atoms with Gasteiger partial charge in [0.15, 0.2) is 9.84 Å². The number of hydrogen-bond acceptors (Lipinski definition) is 3. The van der Waals surface area contributed by atoms with Crippen LogP contribution in [0.25, 0.3) is 0 Å². The third-order valence-corrected chi connectivity index (χ3v) is 6.19. The van der Waals surface area contributed by atoms with Crippen molar-refractivity contribution < 1.29 is 13.2 Å². The van der Waals surface area contributed by atoms with Gasteiger partial charge in [-0.15, -0.1) is 0 Å². The molecule has 0 heterocycles. The van der Waals surface area contributed by atoms with Gasteiger partial charge in [0.1, 0.15) is 5.25 Å². The van der Waals surface area contributed by atoms with Crippen molar-refractivity contribution in [3.63, 3.8) is 0 Å². The van der Waals surface area contributed by atoms with Crippen molar-refractivity contribution in [2.24, 2.45) is 0 Å². The van der Waals surface area contributed by atoms with Gasteiger partial charge < -0.3 is 5.32 Å². The topological polar surface area (TPSA) is 63.2 Å². The van der Waals surface area contributed by atoms with Crippen molar-refractivity contribution in [1.29, 1.82) is 0 Å². The molecule has 0 fully saturated rings. The molecule has 0 aliphatic carbocycles. The Bertz CT molecular complexity index is 800. The number of carbonyl (C=O) groups excluding carboxylic acids is 1. The van der Waals surface area contributed by atoms with Crippen molar-refractivity contribution in [2.75, 3.05) is 0 Å². The summed E-state index contributed by atoms with van der Waals surface area (Å²) in [4.78, 5) is 12.4. The minimum atomic E-state index is -3.57. The van der Waals surface area contributed by atoms with Crippen LogP contribution in [-0.2, 0) is 20.4 Å². The molecule has 2 aromatic rings. The van der Waals surface area contributed by atoms with Gasteiger partial charge >= 0.3 is 0 Å². The highest BCUT2D eigenvalue weighted by Gasteiger charge is 2.29. The van der Waals surface area contributed by atoms with E-state index in [1.807, 2.05) is 56.3 Å². The molecule has 0 unspecified atom stereocenters. The van der Waals surface area contributed by atoms with Crippen LogP contribution in [-0.4, -0.2) is 19.6 Å². The van der Waals surface area contributed by atoms with Gasteiger partial charge in [0.2, 0.25) is 5.91 Å². The van der Waals surface area contributed by atoms with E-state index in [0.717, 1.165) is 16.7 Å². The highest BCUT2D eigenvalue weighted by molar-refractivity contribution is 7.92. The number of sulfone groups is 1. The predicted molar refractivity (Wildman–Crippen MR) is 96.3 cm³/mol. The van der Waals surface area contributed by atoms with Crippen LogP contribution >= 0.6 is 0 Å². The molecule has 0 radical (unpaired) electrons. The number of benzene rings is 2. The first-order chi connectivity index (χ1) is 11.3. The Labute approximate surface area is 143 Å². The van der Waals surface area contributed by atoms with Crippen LogP contribution in [0, 0.1) is 6.92 Å². The molecule has 0 aliphatic heterocycles. The molecule has 2 atom stereocenters. The van der Waals surface area contributed by atoms with E-state index in [4.69, 9.17) is 0 Å². The summed E-state index contributed by atoms with van der Waals surface area (Å²) < 4.78 is 25.1. The van der Waals surface area contributed by atoms with Gasteiger partial charge in [-0.1, -0.05) is 54.6 Å². The van der Waals surface area contributed by atoms with E-state index >= 15 is 0 Å². The SMILES string of the molecule is Cc1ccccc1CS(=O)(=O)[C@@H](C)C(=O)N[C@H](C)c1ccccc1. The number of aryl methyl sites for hydroxylation is 1. The van der Waals surface area contributed by atoms with Gasteiger partial charge in [0.25, 0.3) is 0 Å². The number of amides is 1. The lowest BCUT2D eigenvalue weighted by molar-refractivity contribution is -0.121. The molecule has 5 heteroatoms. The largest absolute Gasteiger partial charge is 0.348 e. The second-order valence-corrected chi connectivity index (χ2v) is 8.34. The molecular weight excluding hydrogens is 322 g/mol. The van der Waals surface area contributed by atoms with Crippen LogP contribution in [0.1, 0.15) is 36.6 Å². The minimum absolute atomic E-state index is 0.131. The Balaban J connectivity index is 2.07. The zero-order valence-electron chi connectivity index (χ0n) is 14.2. The highest BCUT2D eigenvalue weighted by Crippen LogP contribution is 2.17. The van der Waals surface area contributed by atoms with Gasteiger partial charge in [-0.05, 0) is 37.5 Å². The Morgan fingerprint density at radius 3 is 2.21 bits per heavy atom. The van der Waals surface area contributed by atoms with E-state index in [2.05, 4.69) is 5.32 Å². The van der Waals surface area contributed by atoms with Crippen molar-refractivity contribution in [1.82, 2.24) is 5.32 Å². The standard InChI is InChI=1S/C19H23NO3S/c1-14-9-7-8-12-18(14)13-24(22,23)16(3)19(21)20-15(2)17-10-5-4-6-11-17/h4-12,15-16H,13H2,1-3H3,(H,20,21)/t15-,16+/m1/s1. The lowest BCUT2D eigenvalue weighted by atomic mass is 10.1. The summed E-state index contributed by atoms with van der Waals surface area (Å²) in [5, 5.41) is 1.69. The molecule has 0 saturated carbocycles. The summed E-state index contributed by atoms with van der Waals surface area (Å²) in [7, 11) is -3.57. The fourth-order valence-electron chi connectivity index (χ4n) is 2.43. The Morgan fingerprint density at radius 1 is 1.00 bits per heavy atom. The summed E-state index contributed by atoms with van der Waals surface area (Å²) in [6, 6.07) is 16.5. The fourth-order valence-corrected chi connectivity index (χ4v) is 3.83. The molecule has 1 amide bonds. The maximum Gasteiger partial charge on any atom is 0.238 e. The van der Waals surface area contributed by atoms with Gasteiger partial charge in [0.05, 0.1) is 11.8 Å². The monoisotopic (exact) mass is 345 g/mol. The first-order valence-electron chi connectivity index (χ1n) is 7.92. The lowest BCUT2D eigenvalue weighted by Crippen LogP contribution is -2.39. The highest BCUT2D eigenvalue weighted by atomic mass is 32.2. The molecule has 0 aromatic heterocycles. The number of hydrogen-bond donors (Lipinski definition) is 1. The van der Waals surface area contributed by atoms with Crippen molar-refractivity contribution >= 4 is 15.7 Å². The van der Waals surface area contributed by atoms with Crippen LogP contribution in [0.5, 0.6) is 0 Å². The van der Waals surface area contributed by atoms with Crippen molar-refractivity contribution in [2.45, 2.75) is 37.8 Å². The zero-order chi connectivity index (χ0) is 17.7. The van der Waals surface area contributed by atoms with Gasteiger partial charge in [-0.25, -0.2) is 8.42 Å². The van der Waals surface area contributed by atoms with Crippen molar-refractivity contribution in [3.05, 3.63) is 71.3 Å². The molecular formula is C19H23NO3S. The molecule has 0 aliphatic rings. The first kappa shape index (κ1) is 18.2. The summed E-state index contributed by atoms with van der Waals surface area (Å²) >= 11 is 0. The maximum atomic E-state index is 12.6. The predicted octanol–water partition coefficient (Wildman–Crippen LogP) is 3.18. The molecule has 0 saturated heterocycles. The molecule has 128 valence electrons. The Morgan fingerprint density at radius 2 is 1.58 bits per heavy atom. The number of carbonyl (C=O) groups is 1. The summed E-state index contributed by atoms with van der Waals surface area (Å²) in [5.41, 5.74) is 2.58. The smallest absolute Gasteiger partial charge is 0.238 e. The summed E-state index contributed by atoms with van der Waals surface area (Å²) in [6.07, 6.45) is 0. The van der Waals surface area contributed by atoms with E-state index in [1.165, 1.54) is 6.92 Å². The zero-order valence-corrected chi connectivity index (χ0v) is 15.0. The maximum absolute atomic E-state index is 12.6. The van der Waals surface area contributed by atoms with Crippen LogP contribution < -0.4 is 5.32 Å². The second-order valence-electron chi connectivity index (χ2n) is 6.02. The summed E-state index contributed by atoms with van der Waals surface area (Å²) in [5.74, 6) is -0.603. The van der Waals surface area contributed by atoms with Gasteiger partial charge in [-0.3, -0.25) is 4.79 Å². The van der Waals surface area contributed by atoms with E-state index in [0.29, 0.717) is 0 Å². The molecule has 4 nitrogen and oxygen atoms in total. The average Bonchev–Trinajstić information content (AvgIpc) is 2.56. The van der Waals surface area contributed by atoms with E-state index in [-0.39, 0.29) is 11.8 Å². The van der Waals surface area contributed by atoms with Crippen molar-refractivity contribution in [3.8, 4) is 0 Å². The number of rotatable bonds is 6. The Hall–Kier alpha value is -2.14. The van der Waals surface area contributed by atoms with E-state index in [1.54, 1.807) is 12.1 Å². The molecule has 24 heavy (non-hydrogen) atoms. The molecule has 0 bridgehead atoms. The third kappa shape index (κ3) is 4.45. The van der Waals surface area contributed by atoms with E-state index < -0.39 is 21.0 Å². The molecule has 2 rings (SSSR count). The lowest BCUT2D eigenvalue weighted by Gasteiger charge is -2.18. The van der Waals surface area contributed by atoms with Crippen LogP contribution in [0.2, 0.25) is 0 Å². The third-order valence-electron chi connectivity index (χ3n) is 4.18. The van der Waals surface area contributed by atoms with Crippen LogP contribution in [0.4, 0.5) is 0 Å². The molecule has 1 N–H and O–H groups in total. The fraction of sp³-hybridized carbons (Fsp3) is 0.316. The normalized spacial score (nSPS) is 14.0. The molecule has 2 aromatic carbocycles. The van der Waals surface area contributed by atoms with Crippen LogP contribution in [0.15, 0.2) is 54.6 Å². The number of nitrogens with one attached hydrogen (secondary N) is 1. The quantitative estimate of drug-likeness (QED) is 0.874. The average molecular weight is 345 g/mol. The second kappa shape index (κ2) is 7.62. The molecule has 0 spiro atoms. The Kier molecular flexibility index (Phi) is 5.78. The first-order valence-corrected chi connectivity index (χ1v) is 9.64. The van der Waals surface area contributed by atoms with Crippen LogP contribution in [0.3, 0.4) is 0 Å². The van der Waals surface area contributed by atoms with E-state index in [9.17, 15) is 13.2 Å². The van der Waals surface area contributed by atoms with Gasteiger partial charge in [0, 0.05) is 0 Å². The minimum Gasteiger partial charge on any atom is -0.348 e. The summed E-state index contributed by atoms with van der Waals surface area (Å²) in [6.45, 7) is 5.15.